The highest BCUT2D eigenvalue weighted by atomic mass is 32.2. The summed E-state index contributed by atoms with van der Waals surface area (Å²) in [6.07, 6.45) is -2.36. The zero-order chi connectivity index (χ0) is 28.0. The highest BCUT2D eigenvalue weighted by molar-refractivity contribution is 8.00. The zero-order valence-electron chi connectivity index (χ0n) is 21.0. The van der Waals surface area contributed by atoms with Gasteiger partial charge in [-0.15, -0.1) is 11.8 Å². The van der Waals surface area contributed by atoms with Gasteiger partial charge in [0.2, 0.25) is 0 Å². The van der Waals surface area contributed by atoms with Crippen molar-refractivity contribution in [1.29, 1.82) is 0 Å². The van der Waals surface area contributed by atoms with Gasteiger partial charge in [-0.3, -0.25) is 13.9 Å². The predicted molar refractivity (Wildman–Crippen MR) is 145 cm³/mol. The van der Waals surface area contributed by atoms with Crippen molar-refractivity contribution < 1.29 is 32.6 Å². The lowest BCUT2D eigenvalue weighted by molar-refractivity contribution is -0.148. The molecule has 1 aliphatic heterocycles. The average Bonchev–Trinajstić information content (AvgIpc) is 3.20. The summed E-state index contributed by atoms with van der Waals surface area (Å²) in [5.74, 6) is -1.20. The monoisotopic (exact) mass is 577 g/mol. The van der Waals surface area contributed by atoms with E-state index in [1.807, 2.05) is 30.3 Å². The van der Waals surface area contributed by atoms with Crippen LogP contribution in [0.3, 0.4) is 0 Å². The molecule has 10 nitrogen and oxygen atoms in total. The van der Waals surface area contributed by atoms with E-state index in [1.165, 1.54) is 12.3 Å². The van der Waals surface area contributed by atoms with E-state index in [0.717, 1.165) is 21.9 Å². The van der Waals surface area contributed by atoms with Crippen LogP contribution >= 0.6 is 19.4 Å². The molecule has 0 bridgehead atoms. The number of ether oxygens (including phenoxy) is 1. The lowest BCUT2D eigenvalue weighted by Gasteiger charge is -2.24. The SMILES string of the molecule is C[C@H](CP(=O)(OC[C@H]1S[C@@H](n2ccc(N)nc2=O)[C@@H](F)[C@@H]1O)Oc1ccccc1)C(=O)OCc1ccccc1. The first-order valence-electron chi connectivity index (χ1n) is 12.2. The molecule has 0 saturated carbocycles. The number of halogens is 1. The minimum Gasteiger partial charge on any atom is -0.461 e. The van der Waals surface area contributed by atoms with Crippen LogP contribution in [-0.2, 0) is 25.2 Å². The molecule has 1 aliphatic rings. The molecule has 0 amide bonds. The Morgan fingerprint density at radius 1 is 1.18 bits per heavy atom. The summed E-state index contributed by atoms with van der Waals surface area (Å²) in [5, 5.41) is 8.55. The van der Waals surface area contributed by atoms with Crippen molar-refractivity contribution in [2.45, 2.75) is 36.4 Å². The van der Waals surface area contributed by atoms with E-state index in [4.69, 9.17) is 19.5 Å². The molecule has 1 saturated heterocycles. The average molecular weight is 578 g/mol. The number of esters is 1. The molecule has 3 aromatic rings. The number of carbonyl (C=O) groups is 1. The largest absolute Gasteiger partial charge is 0.461 e. The molecule has 1 aromatic heterocycles. The van der Waals surface area contributed by atoms with E-state index in [1.54, 1.807) is 37.3 Å². The maximum absolute atomic E-state index is 15.0. The number of aromatic nitrogens is 2. The second kappa shape index (κ2) is 12.8. The van der Waals surface area contributed by atoms with Gasteiger partial charge in [-0.1, -0.05) is 55.5 Å². The maximum Gasteiger partial charge on any atom is 0.380 e. The number of hydrogen-bond donors (Lipinski definition) is 2. The first-order chi connectivity index (χ1) is 18.6. The number of nitrogens with two attached hydrogens (primary N) is 1. The molecule has 2 aromatic carbocycles. The number of nitrogens with zero attached hydrogens (tertiary/aromatic N) is 2. The summed E-state index contributed by atoms with van der Waals surface area (Å²) >= 11 is 0.942. The summed E-state index contributed by atoms with van der Waals surface area (Å²) in [6, 6.07) is 18.8. The Morgan fingerprint density at radius 3 is 2.51 bits per heavy atom. The van der Waals surface area contributed by atoms with Crippen molar-refractivity contribution in [3.8, 4) is 5.75 Å². The second-order valence-electron chi connectivity index (χ2n) is 9.03. The third-order valence-corrected chi connectivity index (χ3v) is 9.52. The minimum atomic E-state index is -4.00. The van der Waals surface area contributed by atoms with E-state index in [9.17, 15) is 23.7 Å². The molecule has 3 N–H and O–H groups in total. The van der Waals surface area contributed by atoms with Gasteiger partial charge in [-0.2, -0.15) is 4.98 Å². The van der Waals surface area contributed by atoms with Gasteiger partial charge in [0.1, 0.15) is 29.7 Å². The number of alkyl halides is 1. The van der Waals surface area contributed by atoms with Crippen LogP contribution in [0.25, 0.3) is 0 Å². The third kappa shape index (κ3) is 7.48. The van der Waals surface area contributed by atoms with E-state index in [-0.39, 0.29) is 30.9 Å². The predicted octanol–water partition coefficient (Wildman–Crippen LogP) is 3.81. The molecule has 1 unspecified atom stereocenters. The van der Waals surface area contributed by atoms with E-state index in [2.05, 4.69) is 4.98 Å². The molecule has 1 fully saturated rings. The van der Waals surface area contributed by atoms with E-state index in [0.29, 0.717) is 0 Å². The van der Waals surface area contributed by atoms with Crippen LogP contribution in [0.4, 0.5) is 10.2 Å². The Kier molecular flexibility index (Phi) is 9.45. The lowest BCUT2D eigenvalue weighted by Crippen LogP contribution is -2.33. The fourth-order valence-corrected chi connectivity index (χ4v) is 7.31. The standard InChI is InChI=1S/C26H29FN3O7PS/c1-17(25(32)35-14-18-8-4-2-5-9-18)16-38(34,37-19-10-6-3-7-11-19)36-15-20-23(31)22(27)24(39-20)30-13-12-21(28)29-26(30)33/h2-13,17,20,22-24,31H,14-16H2,1H3,(H2,28,29,33)/t17-,20-,22+,23-,24-,38?/m1/s1. The summed E-state index contributed by atoms with van der Waals surface area (Å²) in [5.41, 5.74) is 5.55. The Labute approximate surface area is 228 Å². The zero-order valence-corrected chi connectivity index (χ0v) is 22.7. The number of rotatable bonds is 11. The molecule has 2 heterocycles. The van der Waals surface area contributed by atoms with E-state index >= 15 is 0 Å². The normalized spacial score (nSPS) is 23.1. The highest BCUT2D eigenvalue weighted by Gasteiger charge is 2.46. The Hall–Kier alpha value is -3.18. The van der Waals surface area contributed by atoms with Crippen LogP contribution in [0.1, 0.15) is 17.9 Å². The van der Waals surface area contributed by atoms with Gasteiger partial charge in [0, 0.05) is 6.20 Å². The number of thioether (sulfide) groups is 1. The van der Waals surface area contributed by atoms with Crippen LogP contribution in [0.5, 0.6) is 5.75 Å². The minimum absolute atomic E-state index is 0.00880. The lowest BCUT2D eigenvalue weighted by atomic mass is 10.1. The number of carbonyl (C=O) groups excluding carboxylic acids is 1. The topological polar surface area (TPSA) is 143 Å². The Bertz CT molecular complexity index is 1360. The maximum atomic E-state index is 15.0. The fourth-order valence-electron chi connectivity index (χ4n) is 3.91. The second-order valence-corrected chi connectivity index (χ2v) is 12.4. The molecular weight excluding hydrogens is 548 g/mol. The summed E-state index contributed by atoms with van der Waals surface area (Å²) in [4.78, 5) is 28.5. The van der Waals surface area contributed by atoms with Gasteiger partial charge in [-0.05, 0) is 23.8 Å². The third-order valence-electron chi connectivity index (χ3n) is 5.97. The number of para-hydroxylation sites is 1. The summed E-state index contributed by atoms with van der Waals surface area (Å²) in [6.45, 7) is 1.24. The number of aliphatic hydroxyl groups excluding tert-OH is 1. The fraction of sp³-hybridized carbons (Fsp3) is 0.346. The molecule has 208 valence electrons. The van der Waals surface area contributed by atoms with Crippen molar-refractivity contribution in [1.82, 2.24) is 9.55 Å². The van der Waals surface area contributed by atoms with Gasteiger partial charge < -0.3 is 20.1 Å². The highest BCUT2D eigenvalue weighted by Crippen LogP contribution is 2.52. The summed E-state index contributed by atoms with van der Waals surface area (Å²) < 4.78 is 46.7. The molecule has 4 rings (SSSR count). The van der Waals surface area contributed by atoms with Crippen LogP contribution in [-0.4, -0.2) is 50.9 Å². The molecule has 13 heteroatoms. The van der Waals surface area contributed by atoms with Gasteiger partial charge in [0.05, 0.1) is 23.9 Å². The molecule has 0 spiro atoms. The number of aliphatic hydroxyl groups is 1. The molecular formula is C26H29FN3O7PS. The number of hydrogen-bond acceptors (Lipinski definition) is 10. The Morgan fingerprint density at radius 2 is 1.85 bits per heavy atom. The van der Waals surface area contributed by atoms with Crippen molar-refractivity contribution in [3.05, 3.63) is 89.0 Å². The van der Waals surface area contributed by atoms with Crippen molar-refractivity contribution >= 4 is 31.1 Å². The van der Waals surface area contributed by atoms with Crippen molar-refractivity contribution in [3.63, 3.8) is 0 Å². The van der Waals surface area contributed by atoms with Crippen LogP contribution in [0, 0.1) is 5.92 Å². The van der Waals surface area contributed by atoms with Gasteiger partial charge in [0.15, 0.2) is 6.17 Å². The first-order valence-corrected chi connectivity index (χ1v) is 14.8. The van der Waals surface area contributed by atoms with Crippen LogP contribution in [0.15, 0.2) is 77.7 Å². The number of nitrogen functional groups attached to an aromatic ring is 1. The smallest absolute Gasteiger partial charge is 0.380 e. The van der Waals surface area contributed by atoms with Gasteiger partial charge >= 0.3 is 19.3 Å². The summed E-state index contributed by atoms with van der Waals surface area (Å²) in [7, 11) is -4.00. The molecule has 6 atom stereocenters. The van der Waals surface area contributed by atoms with Crippen LogP contribution in [0.2, 0.25) is 0 Å². The van der Waals surface area contributed by atoms with E-state index < -0.39 is 48.1 Å². The van der Waals surface area contributed by atoms with Gasteiger partial charge in [0.25, 0.3) is 0 Å². The first kappa shape index (κ1) is 28.8. The number of benzene rings is 2. The Balaban J connectivity index is 1.44. The van der Waals surface area contributed by atoms with Crippen molar-refractivity contribution in [2.75, 3.05) is 18.5 Å². The molecule has 0 radical (unpaired) electrons. The quantitative estimate of drug-likeness (QED) is 0.255. The number of anilines is 1. The molecule has 39 heavy (non-hydrogen) atoms. The van der Waals surface area contributed by atoms with Crippen molar-refractivity contribution in [2.24, 2.45) is 5.92 Å². The van der Waals surface area contributed by atoms with Gasteiger partial charge in [-0.25, -0.2) is 13.8 Å². The van der Waals surface area contributed by atoms with Crippen LogP contribution < -0.4 is 15.9 Å². The molecule has 0 aliphatic carbocycles.